The van der Waals surface area contributed by atoms with Crippen molar-refractivity contribution in [3.8, 4) is 11.1 Å². The Morgan fingerprint density at radius 1 is 1.14 bits per heavy atom. The van der Waals surface area contributed by atoms with E-state index in [9.17, 15) is 9.00 Å². The predicted octanol–water partition coefficient (Wildman–Crippen LogP) is 2.93. The van der Waals surface area contributed by atoms with Gasteiger partial charge in [0.05, 0.1) is 11.3 Å². The van der Waals surface area contributed by atoms with Gasteiger partial charge in [-0.05, 0) is 47.9 Å². The Morgan fingerprint density at radius 2 is 1.76 bits per heavy atom. The molecule has 2 rings (SSSR count). The fourth-order valence-electron chi connectivity index (χ4n) is 2.05. The maximum absolute atomic E-state index is 11.0. The molecule has 2 aromatic carbocycles. The van der Waals surface area contributed by atoms with Crippen LogP contribution in [0.15, 0.2) is 42.5 Å². The summed E-state index contributed by atoms with van der Waals surface area (Å²) in [6, 6.07) is 12.0. The molecule has 0 fully saturated rings. The third kappa shape index (κ3) is 3.29. The molecule has 0 aliphatic carbocycles. The van der Waals surface area contributed by atoms with Crippen molar-refractivity contribution in [1.82, 2.24) is 0 Å². The smallest absolute Gasteiger partial charge is 0.335 e. The second-order valence-electron chi connectivity index (χ2n) is 4.61. The summed E-state index contributed by atoms with van der Waals surface area (Å²) in [5, 5.41) is 8.89. The highest BCUT2D eigenvalue weighted by Crippen LogP contribution is 2.27. The van der Waals surface area contributed by atoms with Gasteiger partial charge in [0.15, 0.2) is 0 Å². The Morgan fingerprint density at radius 3 is 2.24 bits per heavy atom. The summed E-state index contributed by atoms with van der Waals surface area (Å²) in [6.45, 7) is 1.90. The predicted molar refractivity (Wildman–Crippen MR) is 82.7 cm³/mol. The number of hydrogen-bond acceptors (Lipinski definition) is 2. The molecule has 0 spiro atoms. The van der Waals surface area contributed by atoms with Crippen molar-refractivity contribution in [2.45, 2.75) is 6.92 Å². The van der Waals surface area contributed by atoms with Crippen LogP contribution in [0.1, 0.15) is 15.9 Å². The maximum atomic E-state index is 11.0. The Labute approximate surface area is 125 Å². The molecule has 21 heavy (non-hydrogen) atoms. The first-order chi connectivity index (χ1) is 9.90. The first-order valence-electron chi connectivity index (χ1n) is 6.19. The third-order valence-corrected chi connectivity index (χ3v) is 3.93. The van der Waals surface area contributed by atoms with E-state index in [1.54, 1.807) is 30.3 Å². The Kier molecular flexibility index (Phi) is 4.40. The zero-order chi connectivity index (χ0) is 15.6. The summed E-state index contributed by atoms with van der Waals surface area (Å²) < 4.78 is 21.4. The number of anilines is 1. The molecule has 2 aromatic rings. The van der Waals surface area contributed by atoms with Crippen LogP contribution in [0.5, 0.6) is 0 Å². The number of carboxylic acid groups (broad SMARTS) is 1. The van der Waals surface area contributed by atoms with Crippen LogP contribution in [0.2, 0.25) is 0 Å². The highest BCUT2D eigenvalue weighted by Gasteiger charge is 2.10. The van der Waals surface area contributed by atoms with Gasteiger partial charge in [-0.2, -0.15) is 0 Å². The minimum Gasteiger partial charge on any atom is -0.478 e. The molecule has 0 amide bonds. The van der Waals surface area contributed by atoms with E-state index in [0.717, 1.165) is 16.7 Å². The number of aromatic carboxylic acids is 1. The van der Waals surface area contributed by atoms with Crippen LogP contribution in [0, 0.1) is 6.92 Å². The molecular formula is C15H15NO4S. The van der Waals surface area contributed by atoms with E-state index in [4.69, 9.17) is 9.66 Å². The molecule has 0 saturated carbocycles. The van der Waals surface area contributed by atoms with Gasteiger partial charge in [-0.25, -0.2) is 9.00 Å². The van der Waals surface area contributed by atoms with Crippen LogP contribution < -0.4 is 4.31 Å². The molecular weight excluding hydrogens is 290 g/mol. The average Bonchev–Trinajstić information content (AvgIpc) is 2.46. The summed E-state index contributed by atoms with van der Waals surface area (Å²) in [5.41, 5.74) is 3.67. The molecule has 0 radical (unpaired) electrons. The highest BCUT2D eigenvalue weighted by atomic mass is 32.2. The molecule has 2 N–H and O–H groups in total. The van der Waals surface area contributed by atoms with Crippen molar-refractivity contribution in [2.75, 3.05) is 11.4 Å². The molecule has 0 bridgehead atoms. The molecule has 6 heteroatoms. The molecule has 0 aromatic heterocycles. The van der Waals surface area contributed by atoms with Crippen LogP contribution in [-0.2, 0) is 11.3 Å². The molecule has 5 nitrogen and oxygen atoms in total. The van der Waals surface area contributed by atoms with E-state index in [1.807, 2.05) is 19.1 Å². The second kappa shape index (κ2) is 6.07. The lowest BCUT2D eigenvalue weighted by Gasteiger charge is -2.16. The number of rotatable bonds is 4. The third-order valence-electron chi connectivity index (χ3n) is 3.25. The van der Waals surface area contributed by atoms with Crippen LogP contribution in [0.3, 0.4) is 0 Å². The van der Waals surface area contributed by atoms with Crippen molar-refractivity contribution < 1.29 is 18.7 Å². The number of aryl methyl sites for hydroxylation is 1. The van der Waals surface area contributed by atoms with Crippen molar-refractivity contribution in [3.63, 3.8) is 0 Å². The average molecular weight is 305 g/mol. The standard InChI is InChI=1S/C15H15NO4S/c1-10-9-13(16(2)21(19)20)7-8-14(10)11-3-5-12(6-4-11)15(17)18/h3-9H,1-2H3,(H,17,18)(H,19,20). The Balaban J connectivity index is 2.37. The van der Waals surface area contributed by atoms with Gasteiger partial charge < -0.3 is 5.11 Å². The number of carbonyl (C=O) groups is 1. The fraction of sp³-hybridized carbons (Fsp3) is 0.133. The van der Waals surface area contributed by atoms with Crippen molar-refractivity contribution in [1.29, 1.82) is 0 Å². The summed E-state index contributed by atoms with van der Waals surface area (Å²) in [6.07, 6.45) is 0. The van der Waals surface area contributed by atoms with Gasteiger partial charge in [0.25, 0.3) is 11.3 Å². The zero-order valence-corrected chi connectivity index (χ0v) is 12.4. The Bertz CT molecular complexity index is 697. The van der Waals surface area contributed by atoms with Gasteiger partial charge in [-0.3, -0.25) is 8.86 Å². The van der Waals surface area contributed by atoms with Crippen molar-refractivity contribution >= 4 is 22.9 Å². The van der Waals surface area contributed by atoms with Gasteiger partial charge in [-0.15, -0.1) is 0 Å². The van der Waals surface area contributed by atoms with E-state index >= 15 is 0 Å². The summed E-state index contributed by atoms with van der Waals surface area (Å²) in [4.78, 5) is 10.8. The van der Waals surface area contributed by atoms with Gasteiger partial charge in [0, 0.05) is 7.05 Å². The minimum atomic E-state index is -2.06. The van der Waals surface area contributed by atoms with E-state index < -0.39 is 17.2 Å². The molecule has 0 aliphatic heterocycles. The van der Waals surface area contributed by atoms with Gasteiger partial charge in [0.2, 0.25) is 0 Å². The number of carboxylic acids is 1. The largest absolute Gasteiger partial charge is 0.478 e. The van der Waals surface area contributed by atoms with Gasteiger partial charge in [-0.1, -0.05) is 18.2 Å². The molecule has 110 valence electrons. The molecule has 1 atom stereocenters. The summed E-state index contributed by atoms with van der Waals surface area (Å²) in [7, 11) is 1.53. The summed E-state index contributed by atoms with van der Waals surface area (Å²) >= 11 is -2.06. The summed E-state index contributed by atoms with van der Waals surface area (Å²) in [5.74, 6) is -0.958. The maximum Gasteiger partial charge on any atom is 0.335 e. The first-order valence-corrected chi connectivity index (χ1v) is 7.25. The van der Waals surface area contributed by atoms with Gasteiger partial charge in [0.1, 0.15) is 0 Å². The number of nitrogens with zero attached hydrogens (tertiary/aromatic N) is 1. The lowest BCUT2D eigenvalue weighted by Crippen LogP contribution is -2.19. The normalized spacial score (nSPS) is 12.0. The van der Waals surface area contributed by atoms with Crippen molar-refractivity contribution in [3.05, 3.63) is 53.6 Å². The monoisotopic (exact) mass is 305 g/mol. The quantitative estimate of drug-likeness (QED) is 0.851. The van der Waals surface area contributed by atoms with Crippen LogP contribution in [-0.4, -0.2) is 26.9 Å². The van der Waals surface area contributed by atoms with E-state index in [2.05, 4.69) is 0 Å². The number of hydrogen-bond donors (Lipinski definition) is 2. The SMILES string of the molecule is Cc1cc(N(C)S(=O)O)ccc1-c1ccc(C(=O)O)cc1. The van der Waals surface area contributed by atoms with Crippen LogP contribution >= 0.6 is 0 Å². The molecule has 0 heterocycles. The topological polar surface area (TPSA) is 77.8 Å². The minimum absolute atomic E-state index is 0.239. The lowest BCUT2D eigenvalue weighted by molar-refractivity contribution is 0.0697. The van der Waals surface area contributed by atoms with E-state index in [-0.39, 0.29) is 5.56 Å². The zero-order valence-electron chi connectivity index (χ0n) is 11.6. The molecule has 0 saturated heterocycles. The highest BCUT2D eigenvalue weighted by molar-refractivity contribution is 7.80. The van der Waals surface area contributed by atoms with E-state index in [0.29, 0.717) is 5.69 Å². The van der Waals surface area contributed by atoms with E-state index in [1.165, 1.54) is 11.4 Å². The van der Waals surface area contributed by atoms with Gasteiger partial charge >= 0.3 is 5.97 Å². The molecule has 0 aliphatic rings. The lowest BCUT2D eigenvalue weighted by atomic mass is 9.99. The second-order valence-corrected chi connectivity index (χ2v) is 5.62. The number of benzene rings is 2. The first kappa shape index (κ1) is 15.2. The van der Waals surface area contributed by atoms with Crippen LogP contribution in [0.4, 0.5) is 5.69 Å². The Hall–Kier alpha value is -2.18. The fourth-order valence-corrected chi connectivity index (χ4v) is 2.34. The molecule has 1 unspecified atom stereocenters. The van der Waals surface area contributed by atoms with Crippen LogP contribution in [0.25, 0.3) is 11.1 Å². The van der Waals surface area contributed by atoms with Crippen molar-refractivity contribution in [2.24, 2.45) is 0 Å².